The highest BCUT2D eigenvalue weighted by Gasteiger charge is 2.24. The van der Waals surface area contributed by atoms with Gasteiger partial charge in [-0.2, -0.15) is 0 Å². The summed E-state index contributed by atoms with van der Waals surface area (Å²) < 4.78 is 5.06. The number of benzene rings is 1. The van der Waals surface area contributed by atoms with E-state index in [1.54, 1.807) is 18.4 Å². The van der Waals surface area contributed by atoms with Crippen molar-refractivity contribution in [1.29, 1.82) is 0 Å². The van der Waals surface area contributed by atoms with Crippen LogP contribution in [0.25, 0.3) is 6.08 Å². The highest BCUT2D eigenvalue weighted by atomic mass is 32.1. The van der Waals surface area contributed by atoms with Crippen molar-refractivity contribution in [3.05, 3.63) is 58.0 Å². The van der Waals surface area contributed by atoms with Crippen LogP contribution in [0.15, 0.2) is 36.4 Å². The van der Waals surface area contributed by atoms with Crippen molar-refractivity contribution in [3.63, 3.8) is 0 Å². The zero-order valence-corrected chi connectivity index (χ0v) is 16.7. The molecular formula is C22H28N2O2S. The Labute approximate surface area is 165 Å². The number of aryl methyl sites for hydroxylation is 1. The molecule has 0 bridgehead atoms. The van der Waals surface area contributed by atoms with E-state index < -0.39 is 0 Å². The molecule has 0 fully saturated rings. The SMILES string of the molecule is COCCCNC(=O)c1c(NC/C=C/c2ccccc2)sc2c1CCCC2. The number of carbonyl (C=O) groups is 1. The van der Waals surface area contributed by atoms with Crippen LogP contribution in [0.2, 0.25) is 0 Å². The van der Waals surface area contributed by atoms with Gasteiger partial charge in [-0.25, -0.2) is 0 Å². The topological polar surface area (TPSA) is 50.4 Å². The second-order valence-electron chi connectivity index (χ2n) is 6.71. The van der Waals surface area contributed by atoms with Crippen molar-refractivity contribution in [3.8, 4) is 0 Å². The van der Waals surface area contributed by atoms with Crippen molar-refractivity contribution >= 4 is 28.3 Å². The van der Waals surface area contributed by atoms with Gasteiger partial charge in [0.25, 0.3) is 5.91 Å². The normalized spacial score (nSPS) is 13.5. The predicted molar refractivity (Wildman–Crippen MR) is 114 cm³/mol. The number of methoxy groups -OCH3 is 1. The minimum atomic E-state index is 0.0417. The second kappa shape index (κ2) is 10.3. The Kier molecular flexibility index (Phi) is 7.48. The van der Waals surface area contributed by atoms with Crippen LogP contribution in [-0.4, -0.2) is 32.7 Å². The van der Waals surface area contributed by atoms with E-state index in [0.29, 0.717) is 19.7 Å². The lowest BCUT2D eigenvalue weighted by Crippen LogP contribution is -2.27. The molecule has 5 heteroatoms. The highest BCUT2D eigenvalue weighted by Crippen LogP contribution is 2.38. The highest BCUT2D eigenvalue weighted by molar-refractivity contribution is 7.16. The summed E-state index contributed by atoms with van der Waals surface area (Å²) in [6.07, 6.45) is 9.52. The molecule has 0 spiro atoms. The average molecular weight is 385 g/mol. The third kappa shape index (κ3) is 5.44. The largest absolute Gasteiger partial charge is 0.385 e. The molecule has 1 amide bonds. The minimum absolute atomic E-state index is 0.0417. The minimum Gasteiger partial charge on any atom is -0.385 e. The fraction of sp³-hybridized carbons (Fsp3) is 0.409. The molecule has 3 rings (SSSR count). The van der Waals surface area contributed by atoms with Crippen LogP contribution in [0.4, 0.5) is 5.00 Å². The lowest BCUT2D eigenvalue weighted by atomic mass is 9.95. The number of carbonyl (C=O) groups excluding carboxylic acids is 1. The van der Waals surface area contributed by atoms with E-state index in [9.17, 15) is 4.79 Å². The summed E-state index contributed by atoms with van der Waals surface area (Å²) in [4.78, 5) is 14.2. The van der Waals surface area contributed by atoms with Crippen LogP contribution in [0.3, 0.4) is 0 Å². The predicted octanol–water partition coefficient (Wildman–Crippen LogP) is 4.52. The number of anilines is 1. The molecule has 2 aromatic rings. The van der Waals surface area contributed by atoms with Gasteiger partial charge in [-0.15, -0.1) is 11.3 Å². The number of thiophene rings is 1. The van der Waals surface area contributed by atoms with Gasteiger partial charge >= 0.3 is 0 Å². The quantitative estimate of drug-likeness (QED) is 0.625. The molecule has 1 aromatic carbocycles. The van der Waals surface area contributed by atoms with Crippen LogP contribution < -0.4 is 10.6 Å². The first kappa shape index (κ1) is 19.6. The molecule has 0 unspecified atom stereocenters. The molecule has 0 atom stereocenters. The van der Waals surface area contributed by atoms with Gasteiger partial charge in [0, 0.05) is 31.7 Å². The summed E-state index contributed by atoms with van der Waals surface area (Å²) in [6, 6.07) is 10.3. The number of fused-ring (bicyclic) bond motifs is 1. The van der Waals surface area contributed by atoms with Crippen molar-refractivity contribution < 1.29 is 9.53 Å². The molecule has 1 aliphatic carbocycles. The van der Waals surface area contributed by atoms with Gasteiger partial charge in [0.05, 0.1) is 5.56 Å². The zero-order valence-electron chi connectivity index (χ0n) is 15.9. The van der Waals surface area contributed by atoms with Crippen molar-refractivity contribution in [2.24, 2.45) is 0 Å². The fourth-order valence-electron chi connectivity index (χ4n) is 3.35. The van der Waals surface area contributed by atoms with Crippen molar-refractivity contribution in [2.45, 2.75) is 32.1 Å². The molecule has 27 heavy (non-hydrogen) atoms. The lowest BCUT2D eigenvalue weighted by Gasteiger charge is -2.13. The van der Waals surface area contributed by atoms with Gasteiger partial charge < -0.3 is 15.4 Å². The monoisotopic (exact) mass is 384 g/mol. The summed E-state index contributed by atoms with van der Waals surface area (Å²) in [7, 11) is 1.68. The molecule has 0 aliphatic heterocycles. The van der Waals surface area contributed by atoms with E-state index in [1.165, 1.54) is 28.8 Å². The van der Waals surface area contributed by atoms with Crippen LogP contribution >= 0.6 is 11.3 Å². The molecule has 4 nitrogen and oxygen atoms in total. The first-order valence-corrected chi connectivity index (χ1v) is 10.5. The van der Waals surface area contributed by atoms with Crippen molar-refractivity contribution in [2.75, 3.05) is 32.1 Å². The van der Waals surface area contributed by atoms with E-state index in [2.05, 4.69) is 34.9 Å². The maximum atomic E-state index is 12.8. The molecule has 0 saturated carbocycles. The second-order valence-corrected chi connectivity index (χ2v) is 7.82. The third-order valence-electron chi connectivity index (χ3n) is 4.70. The van der Waals surface area contributed by atoms with Gasteiger partial charge in [0.15, 0.2) is 0 Å². The average Bonchev–Trinajstić information content (AvgIpc) is 3.07. The lowest BCUT2D eigenvalue weighted by molar-refractivity contribution is 0.0948. The van der Waals surface area contributed by atoms with Crippen LogP contribution in [-0.2, 0) is 17.6 Å². The molecule has 1 aromatic heterocycles. The fourth-order valence-corrected chi connectivity index (χ4v) is 4.64. The molecular weight excluding hydrogens is 356 g/mol. The Morgan fingerprint density at radius 2 is 2.04 bits per heavy atom. The number of amides is 1. The Bertz CT molecular complexity index is 768. The molecule has 1 aliphatic rings. The van der Waals surface area contributed by atoms with Crippen LogP contribution in [0.5, 0.6) is 0 Å². The molecule has 1 heterocycles. The molecule has 2 N–H and O–H groups in total. The van der Waals surface area contributed by atoms with Crippen LogP contribution in [0.1, 0.15) is 45.6 Å². The summed E-state index contributed by atoms with van der Waals surface area (Å²) in [6.45, 7) is 2.01. The van der Waals surface area contributed by atoms with Crippen LogP contribution in [0, 0.1) is 0 Å². The van der Waals surface area contributed by atoms with Gasteiger partial charge in [-0.1, -0.05) is 42.5 Å². The van der Waals surface area contributed by atoms with Gasteiger partial charge in [0.2, 0.25) is 0 Å². The van der Waals surface area contributed by atoms with E-state index in [-0.39, 0.29) is 5.91 Å². The first-order chi connectivity index (χ1) is 13.3. The number of ether oxygens (including phenoxy) is 1. The van der Waals surface area contributed by atoms with E-state index >= 15 is 0 Å². The summed E-state index contributed by atoms with van der Waals surface area (Å²) in [5.41, 5.74) is 3.30. The van der Waals surface area contributed by atoms with Gasteiger partial charge in [-0.05, 0) is 43.2 Å². The number of hydrogen-bond acceptors (Lipinski definition) is 4. The summed E-state index contributed by atoms with van der Waals surface area (Å²) in [5.74, 6) is 0.0417. The number of rotatable bonds is 9. The van der Waals surface area contributed by atoms with E-state index in [4.69, 9.17) is 4.74 Å². The Balaban J connectivity index is 1.67. The summed E-state index contributed by atoms with van der Waals surface area (Å²) in [5, 5.41) is 7.53. The Hall–Kier alpha value is -2.11. The Morgan fingerprint density at radius 1 is 1.22 bits per heavy atom. The standard InChI is InChI=1S/C22H28N2O2S/c1-26-16-8-15-23-21(25)20-18-12-5-6-13-19(18)27-22(20)24-14-7-11-17-9-3-2-4-10-17/h2-4,7,9-11,24H,5-6,8,12-16H2,1H3,(H,23,25)/b11-7+. The maximum Gasteiger partial charge on any atom is 0.254 e. The third-order valence-corrected chi connectivity index (χ3v) is 5.95. The molecule has 0 radical (unpaired) electrons. The van der Waals surface area contributed by atoms with Gasteiger partial charge in [0.1, 0.15) is 5.00 Å². The maximum absolute atomic E-state index is 12.8. The Morgan fingerprint density at radius 3 is 2.85 bits per heavy atom. The van der Waals surface area contributed by atoms with Gasteiger partial charge in [-0.3, -0.25) is 4.79 Å². The van der Waals surface area contributed by atoms with E-state index in [0.717, 1.165) is 29.8 Å². The number of hydrogen-bond donors (Lipinski definition) is 2. The molecule has 0 saturated heterocycles. The summed E-state index contributed by atoms with van der Waals surface area (Å²) >= 11 is 1.75. The molecule has 144 valence electrons. The number of nitrogens with one attached hydrogen (secondary N) is 2. The zero-order chi connectivity index (χ0) is 18.9. The van der Waals surface area contributed by atoms with Crippen molar-refractivity contribution in [1.82, 2.24) is 5.32 Å². The first-order valence-electron chi connectivity index (χ1n) is 9.66. The smallest absolute Gasteiger partial charge is 0.254 e. The van der Waals surface area contributed by atoms with E-state index in [1.807, 2.05) is 18.2 Å².